The lowest BCUT2D eigenvalue weighted by Gasteiger charge is -2.35. The van der Waals surface area contributed by atoms with Crippen molar-refractivity contribution < 1.29 is 4.42 Å². The van der Waals surface area contributed by atoms with Crippen molar-refractivity contribution in [1.29, 1.82) is 0 Å². The minimum atomic E-state index is -0.511. The number of anilines is 3. The fourth-order valence-corrected chi connectivity index (χ4v) is 11.8. The van der Waals surface area contributed by atoms with Gasteiger partial charge in [-0.2, -0.15) is 0 Å². The monoisotopic (exact) mass is 833 g/mol. The number of hydrogen-bond acceptors (Lipinski definition) is 3. The van der Waals surface area contributed by atoms with Gasteiger partial charge in [-0.15, -0.1) is 11.3 Å². The first-order valence-electron chi connectivity index (χ1n) is 21.9. The normalized spacial score (nSPS) is 12.8. The third-order valence-electron chi connectivity index (χ3n) is 13.4. The minimum Gasteiger partial charge on any atom is -0.455 e. The molecule has 0 N–H and O–H groups in total. The van der Waals surface area contributed by atoms with Gasteiger partial charge in [0.2, 0.25) is 0 Å². The molecule has 300 valence electrons. The van der Waals surface area contributed by atoms with E-state index in [1.807, 2.05) is 11.3 Å². The molecule has 2 heterocycles. The van der Waals surface area contributed by atoms with Gasteiger partial charge >= 0.3 is 0 Å². The Bertz CT molecular complexity index is 3660. The second-order valence-electron chi connectivity index (χ2n) is 16.8. The van der Waals surface area contributed by atoms with Crippen molar-refractivity contribution in [2.24, 2.45) is 0 Å². The SMILES string of the molecule is c1ccc(-c2ccc(N(c3ccc(-c4cc5c6ccccc6oc5c5c4sc4ccccc45)cc3)c3ccc4c(c3)C(c3ccccc3)(c3ccccc3)c3ccccc3-4)cc2)cc1. The molecule has 12 aromatic rings. The van der Waals surface area contributed by atoms with Gasteiger partial charge in [0.15, 0.2) is 0 Å². The summed E-state index contributed by atoms with van der Waals surface area (Å²) in [6.07, 6.45) is 0. The summed E-state index contributed by atoms with van der Waals surface area (Å²) in [4.78, 5) is 2.42. The predicted octanol–water partition coefficient (Wildman–Crippen LogP) is 17.1. The first-order valence-corrected chi connectivity index (χ1v) is 22.7. The van der Waals surface area contributed by atoms with Gasteiger partial charge in [-0.1, -0.05) is 182 Å². The fourth-order valence-electron chi connectivity index (χ4n) is 10.5. The Hall–Kier alpha value is -7.98. The highest BCUT2D eigenvalue weighted by Crippen LogP contribution is 2.57. The Kier molecular flexibility index (Phi) is 8.34. The number of hydrogen-bond donors (Lipinski definition) is 0. The minimum absolute atomic E-state index is 0.511. The van der Waals surface area contributed by atoms with Crippen LogP contribution in [-0.2, 0) is 5.41 Å². The van der Waals surface area contributed by atoms with Gasteiger partial charge in [0.25, 0.3) is 0 Å². The molecular formula is C61H39NOS. The predicted molar refractivity (Wildman–Crippen MR) is 269 cm³/mol. The van der Waals surface area contributed by atoms with Crippen LogP contribution in [0.3, 0.4) is 0 Å². The number of benzene rings is 10. The zero-order valence-corrected chi connectivity index (χ0v) is 35.6. The van der Waals surface area contributed by atoms with Crippen molar-refractivity contribution in [3.63, 3.8) is 0 Å². The van der Waals surface area contributed by atoms with Gasteiger partial charge in [-0.3, -0.25) is 0 Å². The maximum atomic E-state index is 6.63. The highest BCUT2D eigenvalue weighted by Gasteiger charge is 2.46. The number of fused-ring (bicyclic) bond motifs is 10. The highest BCUT2D eigenvalue weighted by molar-refractivity contribution is 7.26. The second kappa shape index (κ2) is 14.6. The molecular weight excluding hydrogens is 795 g/mol. The van der Waals surface area contributed by atoms with Crippen LogP contribution in [0.15, 0.2) is 241 Å². The van der Waals surface area contributed by atoms with E-state index < -0.39 is 5.41 Å². The molecule has 1 aliphatic carbocycles. The van der Waals surface area contributed by atoms with Crippen molar-refractivity contribution in [1.82, 2.24) is 0 Å². The molecule has 2 nitrogen and oxygen atoms in total. The van der Waals surface area contributed by atoms with Crippen molar-refractivity contribution in [2.75, 3.05) is 4.90 Å². The van der Waals surface area contributed by atoms with Gasteiger partial charge in [-0.25, -0.2) is 0 Å². The highest BCUT2D eigenvalue weighted by atomic mass is 32.1. The molecule has 64 heavy (non-hydrogen) atoms. The van der Waals surface area contributed by atoms with Crippen LogP contribution in [0.5, 0.6) is 0 Å². The number of nitrogens with zero attached hydrogens (tertiary/aromatic N) is 1. The van der Waals surface area contributed by atoms with E-state index in [4.69, 9.17) is 4.42 Å². The maximum Gasteiger partial charge on any atom is 0.144 e. The molecule has 0 fully saturated rings. The third kappa shape index (κ3) is 5.51. The van der Waals surface area contributed by atoms with Crippen LogP contribution in [0.4, 0.5) is 17.1 Å². The molecule has 0 saturated heterocycles. The van der Waals surface area contributed by atoms with Crippen LogP contribution in [-0.4, -0.2) is 0 Å². The van der Waals surface area contributed by atoms with E-state index in [2.05, 4.69) is 241 Å². The van der Waals surface area contributed by atoms with E-state index >= 15 is 0 Å². The molecule has 0 atom stereocenters. The van der Waals surface area contributed by atoms with Gasteiger partial charge in [0, 0.05) is 53.6 Å². The Morgan fingerprint density at radius 3 is 1.64 bits per heavy atom. The first-order chi connectivity index (χ1) is 31.7. The summed E-state index contributed by atoms with van der Waals surface area (Å²) in [6.45, 7) is 0. The third-order valence-corrected chi connectivity index (χ3v) is 14.6. The van der Waals surface area contributed by atoms with Crippen LogP contribution >= 0.6 is 11.3 Å². The van der Waals surface area contributed by atoms with Gasteiger partial charge < -0.3 is 9.32 Å². The first kappa shape index (κ1) is 36.7. The number of furan rings is 1. The lowest BCUT2D eigenvalue weighted by Crippen LogP contribution is -2.28. The average molecular weight is 834 g/mol. The fraction of sp³-hybridized carbons (Fsp3) is 0.0164. The van der Waals surface area contributed by atoms with Crippen LogP contribution in [0.2, 0.25) is 0 Å². The van der Waals surface area contributed by atoms with E-state index in [1.165, 1.54) is 75.8 Å². The molecule has 13 rings (SSSR count). The summed E-state index contributed by atoms with van der Waals surface area (Å²) in [5.74, 6) is 0. The summed E-state index contributed by atoms with van der Waals surface area (Å²) in [6, 6.07) is 86.5. The molecule has 0 radical (unpaired) electrons. The summed E-state index contributed by atoms with van der Waals surface area (Å²) in [5, 5.41) is 4.70. The average Bonchev–Trinajstić information content (AvgIpc) is 4.04. The second-order valence-corrected chi connectivity index (χ2v) is 17.8. The standard InChI is InChI=1S/C61H39NOS/c1-4-16-40(17-5-1)41-28-32-45(33-29-41)62(47-36-37-49-48-22-10-13-25-54(48)61(55(49)38-47,43-18-6-2-7-19-43)44-20-8-3-9-21-44)46-34-30-42(31-35-46)52-39-53-50-23-11-14-26-56(50)63-59(53)58-51-24-12-15-27-57(51)64-60(52)58/h1-39H. The molecule has 2 aromatic heterocycles. The Balaban J connectivity index is 1.01. The van der Waals surface area contributed by atoms with Gasteiger partial charge in [-0.05, 0) is 105 Å². The molecule has 0 spiro atoms. The lowest BCUT2D eigenvalue weighted by atomic mass is 9.67. The molecule has 0 saturated carbocycles. The number of rotatable bonds is 7. The largest absolute Gasteiger partial charge is 0.455 e. The van der Waals surface area contributed by atoms with Crippen molar-refractivity contribution >= 4 is 70.5 Å². The van der Waals surface area contributed by atoms with E-state index in [9.17, 15) is 0 Å². The zero-order chi connectivity index (χ0) is 42.2. The summed E-state index contributed by atoms with van der Waals surface area (Å²) in [5.41, 5.74) is 17.0. The van der Waals surface area contributed by atoms with Crippen molar-refractivity contribution in [3.8, 4) is 33.4 Å². The number of thiophene rings is 1. The van der Waals surface area contributed by atoms with E-state index in [1.54, 1.807) is 0 Å². The number of para-hydroxylation sites is 1. The van der Waals surface area contributed by atoms with Crippen molar-refractivity contribution in [3.05, 3.63) is 259 Å². The Morgan fingerprint density at radius 1 is 0.375 bits per heavy atom. The molecule has 3 heteroatoms. The summed E-state index contributed by atoms with van der Waals surface area (Å²) >= 11 is 1.84. The molecule has 0 unspecified atom stereocenters. The van der Waals surface area contributed by atoms with Crippen molar-refractivity contribution in [2.45, 2.75) is 5.41 Å². The van der Waals surface area contributed by atoms with Crippen LogP contribution in [0, 0.1) is 0 Å². The maximum absolute atomic E-state index is 6.63. The van der Waals surface area contributed by atoms with E-state index in [0.717, 1.165) is 39.0 Å². The van der Waals surface area contributed by atoms with Crippen LogP contribution in [0.25, 0.3) is 75.5 Å². The Labute approximate surface area is 375 Å². The van der Waals surface area contributed by atoms with Crippen LogP contribution in [0.1, 0.15) is 22.3 Å². The summed E-state index contributed by atoms with van der Waals surface area (Å²) < 4.78 is 9.13. The molecule has 0 amide bonds. The van der Waals surface area contributed by atoms with Gasteiger partial charge in [0.1, 0.15) is 11.2 Å². The molecule has 10 aromatic carbocycles. The lowest BCUT2D eigenvalue weighted by molar-refractivity contribution is 0.673. The van der Waals surface area contributed by atoms with Crippen LogP contribution < -0.4 is 4.90 Å². The molecule has 0 aliphatic heterocycles. The molecule has 0 bridgehead atoms. The van der Waals surface area contributed by atoms with E-state index in [0.29, 0.717) is 0 Å². The summed E-state index contributed by atoms with van der Waals surface area (Å²) in [7, 11) is 0. The molecule has 1 aliphatic rings. The Morgan fingerprint density at radius 2 is 0.922 bits per heavy atom. The van der Waals surface area contributed by atoms with Gasteiger partial charge in [0.05, 0.1) is 5.41 Å². The zero-order valence-electron chi connectivity index (χ0n) is 34.8. The smallest absolute Gasteiger partial charge is 0.144 e. The topological polar surface area (TPSA) is 16.4 Å². The van der Waals surface area contributed by atoms with E-state index in [-0.39, 0.29) is 0 Å². The quantitative estimate of drug-likeness (QED) is 0.159.